The minimum atomic E-state index is -4.20. The van der Waals surface area contributed by atoms with Gasteiger partial charge in [0.25, 0.3) is 10.0 Å². The van der Waals surface area contributed by atoms with E-state index in [1.54, 1.807) is 49.6 Å². The molecule has 0 heterocycles. The van der Waals surface area contributed by atoms with Crippen LogP contribution in [0.2, 0.25) is 0 Å². The van der Waals surface area contributed by atoms with Crippen molar-refractivity contribution in [1.82, 2.24) is 10.2 Å². The molecular weight excluding hydrogens is 545 g/mol. The number of carbonyl (C=O) groups is 2. The molecule has 1 unspecified atom stereocenters. The predicted octanol–water partition coefficient (Wildman–Crippen LogP) is 4.90. The lowest BCUT2D eigenvalue weighted by molar-refractivity contribution is -0.140. The summed E-state index contributed by atoms with van der Waals surface area (Å²) in [6, 6.07) is 19.1. The number of sulfonamides is 1. The van der Waals surface area contributed by atoms with Crippen molar-refractivity contribution in [2.45, 2.75) is 62.6 Å². The Hall–Kier alpha value is -3.92. The first-order chi connectivity index (χ1) is 19.7. The fourth-order valence-electron chi connectivity index (χ4n) is 5.07. The quantitative estimate of drug-likeness (QED) is 0.329. The van der Waals surface area contributed by atoms with Crippen LogP contribution in [0.15, 0.2) is 83.8 Å². The molecule has 0 radical (unpaired) electrons. The van der Waals surface area contributed by atoms with Crippen LogP contribution in [-0.4, -0.2) is 50.9 Å². The molecule has 0 aromatic heterocycles. The van der Waals surface area contributed by atoms with Crippen LogP contribution in [0, 0.1) is 5.82 Å². The zero-order valence-electron chi connectivity index (χ0n) is 23.3. The summed E-state index contributed by atoms with van der Waals surface area (Å²) in [5, 5.41) is 3.09. The van der Waals surface area contributed by atoms with E-state index in [0.29, 0.717) is 12.2 Å². The lowest BCUT2D eigenvalue weighted by Crippen LogP contribution is -2.53. The third-order valence-corrected chi connectivity index (χ3v) is 9.11. The van der Waals surface area contributed by atoms with Crippen LogP contribution in [0.3, 0.4) is 0 Å². The molecule has 1 aliphatic rings. The van der Waals surface area contributed by atoms with E-state index in [9.17, 15) is 22.4 Å². The number of nitrogens with zero attached hydrogens (tertiary/aromatic N) is 2. The van der Waals surface area contributed by atoms with Crippen molar-refractivity contribution in [2.75, 3.05) is 18.0 Å². The van der Waals surface area contributed by atoms with Gasteiger partial charge in [0.05, 0.1) is 17.7 Å². The normalized spacial score (nSPS) is 14.3. The molecule has 1 N–H and O–H groups in total. The molecule has 1 atom stereocenters. The number of amides is 2. The van der Waals surface area contributed by atoms with Gasteiger partial charge >= 0.3 is 0 Å². The summed E-state index contributed by atoms with van der Waals surface area (Å²) in [6.45, 7) is 1.33. The molecule has 3 aromatic carbocycles. The Bertz CT molecular complexity index is 1410. The summed E-state index contributed by atoms with van der Waals surface area (Å²) in [5.41, 5.74) is 0.891. The molecule has 0 bridgehead atoms. The summed E-state index contributed by atoms with van der Waals surface area (Å²) in [5.74, 6) is -0.708. The van der Waals surface area contributed by atoms with Gasteiger partial charge in [-0.05, 0) is 73.4 Å². The maximum absolute atomic E-state index is 14.1. The maximum atomic E-state index is 14.1. The standard InChI is InChI=1S/C31H36FN3O5S/c1-3-29(31(37)33-25-9-7-8-10-25)34(21-23-13-19-27(40-2)20-14-23)30(36)22-35(26-17-15-24(32)16-18-26)41(38,39)28-11-5-4-6-12-28/h4-6,11-20,25,29H,3,7-10,21-22H2,1-2H3,(H,33,37). The highest BCUT2D eigenvalue weighted by molar-refractivity contribution is 7.92. The minimum Gasteiger partial charge on any atom is -0.497 e. The molecule has 2 amide bonds. The van der Waals surface area contributed by atoms with Crippen molar-refractivity contribution in [2.24, 2.45) is 0 Å². The zero-order chi connectivity index (χ0) is 29.4. The lowest BCUT2D eigenvalue weighted by Gasteiger charge is -2.33. The Labute approximate surface area is 241 Å². The molecule has 3 aromatic rings. The van der Waals surface area contributed by atoms with Crippen LogP contribution < -0.4 is 14.4 Å². The summed E-state index contributed by atoms with van der Waals surface area (Å²) >= 11 is 0. The van der Waals surface area contributed by atoms with Crippen LogP contribution in [0.1, 0.15) is 44.6 Å². The Balaban J connectivity index is 1.69. The van der Waals surface area contributed by atoms with E-state index < -0.39 is 34.3 Å². The number of anilines is 1. The fourth-order valence-corrected chi connectivity index (χ4v) is 6.51. The molecule has 218 valence electrons. The summed E-state index contributed by atoms with van der Waals surface area (Å²) in [6.07, 6.45) is 4.20. The number of methoxy groups -OCH3 is 1. The number of rotatable bonds is 12. The van der Waals surface area contributed by atoms with Gasteiger partial charge in [0.1, 0.15) is 24.2 Å². The predicted molar refractivity (Wildman–Crippen MR) is 155 cm³/mol. The number of carbonyl (C=O) groups excluding carboxylic acids is 2. The Morgan fingerprint density at radius 3 is 2.20 bits per heavy atom. The van der Waals surface area contributed by atoms with Gasteiger partial charge in [0.15, 0.2) is 0 Å². The number of nitrogens with one attached hydrogen (secondary N) is 1. The minimum absolute atomic E-state index is 0.00940. The van der Waals surface area contributed by atoms with E-state index in [1.165, 1.54) is 29.2 Å². The summed E-state index contributed by atoms with van der Waals surface area (Å²) in [7, 11) is -2.64. The second-order valence-corrected chi connectivity index (χ2v) is 11.9. The van der Waals surface area contributed by atoms with E-state index in [1.807, 2.05) is 6.92 Å². The Morgan fingerprint density at radius 2 is 1.61 bits per heavy atom. The molecular formula is C31H36FN3O5S. The van der Waals surface area contributed by atoms with Crippen molar-refractivity contribution in [3.8, 4) is 5.75 Å². The van der Waals surface area contributed by atoms with Gasteiger partial charge in [-0.15, -0.1) is 0 Å². The van der Waals surface area contributed by atoms with Crippen molar-refractivity contribution in [1.29, 1.82) is 0 Å². The van der Waals surface area contributed by atoms with Gasteiger partial charge in [-0.2, -0.15) is 0 Å². The fraction of sp³-hybridized carbons (Fsp3) is 0.355. The van der Waals surface area contributed by atoms with Crippen molar-refractivity contribution in [3.63, 3.8) is 0 Å². The van der Waals surface area contributed by atoms with E-state index in [-0.39, 0.29) is 29.1 Å². The molecule has 1 aliphatic carbocycles. The van der Waals surface area contributed by atoms with Crippen molar-refractivity contribution in [3.05, 3.63) is 90.2 Å². The molecule has 1 saturated carbocycles. The Kier molecular flexibility index (Phi) is 9.99. The SMILES string of the molecule is CCC(C(=O)NC1CCCC1)N(Cc1ccc(OC)cc1)C(=O)CN(c1ccc(F)cc1)S(=O)(=O)c1ccccc1. The monoisotopic (exact) mass is 581 g/mol. The average molecular weight is 582 g/mol. The van der Waals surface area contributed by atoms with Gasteiger partial charge < -0.3 is 15.0 Å². The number of halogens is 1. The van der Waals surface area contributed by atoms with Crippen LogP contribution in [-0.2, 0) is 26.2 Å². The average Bonchev–Trinajstić information content (AvgIpc) is 3.50. The molecule has 4 rings (SSSR count). The first-order valence-corrected chi connectivity index (χ1v) is 15.2. The van der Waals surface area contributed by atoms with Gasteiger partial charge in [0.2, 0.25) is 11.8 Å². The first-order valence-electron chi connectivity index (χ1n) is 13.8. The summed E-state index contributed by atoms with van der Waals surface area (Å²) < 4.78 is 47.5. The van der Waals surface area contributed by atoms with Gasteiger partial charge in [0, 0.05) is 12.6 Å². The number of hydrogen-bond acceptors (Lipinski definition) is 5. The molecule has 0 spiro atoms. The largest absolute Gasteiger partial charge is 0.497 e. The second kappa shape index (κ2) is 13.6. The second-order valence-electron chi connectivity index (χ2n) is 10.1. The molecule has 8 nitrogen and oxygen atoms in total. The van der Waals surface area contributed by atoms with Gasteiger partial charge in [-0.1, -0.05) is 50.1 Å². The zero-order valence-corrected chi connectivity index (χ0v) is 24.1. The lowest BCUT2D eigenvalue weighted by atomic mass is 10.1. The van der Waals surface area contributed by atoms with Gasteiger partial charge in [-0.3, -0.25) is 13.9 Å². The van der Waals surface area contributed by atoms with Crippen LogP contribution in [0.4, 0.5) is 10.1 Å². The molecule has 0 aliphatic heterocycles. The molecule has 0 saturated heterocycles. The maximum Gasteiger partial charge on any atom is 0.264 e. The first kappa shape index (κ1) is 30.0. The van der Waals surface area contributed by atoms with Crippen LogP contribution >= 0.6 is 0 Å². The van der Waals surface area contributed by atoms with Crippen LogP contribution in [0.25, 0.3) is 0 Å². The number of benzene rings is 3. The highest BCUT2D eigenvalue weighted by Gasteiger charge is 2.34. The van der Waals surface area contributed by atoms with Crippen LogP contribution in [0.5, 0.6) is 5.75 Å². The van der Waals surface area contributed by atoms with E-state index in [2.05, 4.69) is 5.32 Å². The van der Waals surface area contributed by atoms with E-state index in [4.69, 9.17) is 4.74 Å². The van der Waals surface area contributed by atoms with Crippen molar-refractivity contribution < 1.29 is 27.1 Å². The smallest absolute Gasteiger partial charge is 0.264 e. The number of ether oxygens (including phenoxy) is 1. The topological polar surface area (TPSA) is 96.0 Å². The highest BCUT2D eigenvalue weighted by atomic mass is 32.2. The van der Waals surface area contributed by atoms with E-state index in [0.717, 1.165) is 47.7 Å². The van der Waals surface area contributed by atoms with Crippen molar-refractivity contribution >= 4 is 27.5 Å². The Morgan fingerprint density at radius 1 is 0.976 bits per heavy atom. The van der Waals surface area contributed by atoms with E-state index >= 15 is 0 Å². The van der Waals surface area contributed by atoms with Gasteiger partial charge in [-0.25, -0.2) is 12.8 Å². The number of hydrogen-bond donors (Lipinski definition) is 1. The summed E-state index contributed by atoms with van der Waals surface area (Å²) in [4.78, 5) is 29.0. The third-order valence-electron chi connectivity index (χ3n) is 7.32. The third kappa shape index (κ3) is 7.43. The molecule has 1 fully saturated rings. The molecule has 10 heteroatoms. The molecule has 41 heavy (non-hydrogen) atoms. The highest BCUT2D eigenvalue weighted by Crippen LogP contribution is 2.26.